The van der Waals surface area contributed by atoms with Crippen LogP contribution >= 0.6 is 0 Å². The molecule has 0 saturated carbocycles. The lowest BCUT2D eigenvalue weighted by Gasteiger charge is -2.39. The molecule has 2 aromatic heterocycles. The average molecular weight is 510 g/mol. The number of nitrogens with one attached hydrogen (secondary N) is 1. The Labute approximate surface area is 219 Å². The number of H-pyrrole nitrogens is 1. The summed E-state index contributed by atoms with van der Waals surface area (Å²) in [5, 5.41) is 13.7. The Balaban J connectivity index is 1.40. The first-order chi connectivity index (χ1) is 18.6. The number of hydrogen-bond donors (Lipinski definition) is 1. The maximum Gasteiger partial charge on any atom is 0.253 e. The molecule has 1 aliphatic rings. The zero-order chi connectivity index (χ0) is 26.1. The first-order valence-electron chi connectivity index (χ1n) is 12.7. The molecular weight excluding hydrogens is 481 g/mol. The standard InChI is InChI=1S/C29H28FN7O/c1-20-8-7-11-22-18-23(29(38)31-26(20)22)27(28-32-33-34-37(28)19-21-9-3-2-4-10-21)36-16-14-35(15-17-36)25-13-6-5-12-24(25)30/h2-13,18,27H,14-17,19H2,1H3,(H,31,38)/t27-/m0/s1. The van der Waals surface area contributed by atoms with Crippen LogP contribution in [0.25, 0.3) is 10.9 Å². The predicted molar refractivity (Wildman–Crippen MR) is 145 cm³/mol. The summed E-state index contributed by atoms with van der Waals surface area (Å²) >= 11 is 0. The second-order valence-corrected chi connectivity index (χ2v) is 9.65. The second-order valence-electron chi connectivity index (χ2n) is 9.65. The Kier molecular flexibility index (Phi) is 6.43. The van der Waals surface area contributed by atoms with E-state index in [2.05, 4.69) is 25.4 Å². The first-order valence-corrected chi connectivity index (χ1v) is 12.7. The van der Waals surface area contributed by atoms with E-state index >= 15 is 0 Å². The first kappa shape index (κ1) is 24.0. The molecule has 38 heavy (non-hydrogen) atoms. The van der Waals surface area contributed by atoms with Gasteiger partial charge in [-0.05, 0) is 52.1 Å². The maximum absolute atomic E-state index is 14.5. The van der Waals surface area contributed by atoms with E-state index in [1.807, 2.05) is 72.5 Å². The van der Waals surface area contributed by atoms with Crippen LogP contribution in [0.2, 0.25) is 0 Å². The van der Waals surface area contributed by atoms with Gasteiger partial charge < -0.3 is 9.88 Å². The number of hydrogen-bond acceptors (Lipinski definition) is 6. The van der Waals surface area contributed by atoms with E-state index < -0.39 is 6.04 Å². The van der Waals surface area contributed by atoms with Gasteiger partial charge in [-0.1, -0.05) is 60.7 Å². The number of tetrazole rings is 1. The number of para-hydroxylation sites is 2. The van der Waals surface area contributed by atoms with Crippen LogP contribution in [-0.4, -0.2) is 56.3 Å². The molecule has 0 unspecified atom stereocenters. The second kappa shape index (κ2) is 10.2. The molecular formula is C29H28FN7O. The topological polar surface area (TPSA) is 82.9 Å². The highest BCUT2D eigenvalue weighted by atomic mass is 19.1. The van der Waals surface area contributed by atoms with Crippen molar-refractivity contribution < 1.29 is 4.39 Å². The van der Waals surface area contributed by atoms with Crippen molar-refractivity contribution in [3.8, 4) is 0 Å². The molecule has 0 bridgehead atoms. The number of piperazine rings is 1. The van der Waals surface area contributed by atoms with Crippen molar-refractivity contribution in [2.45, 2.75) is 19.5 Å². The summed E-state index contributed by atoms with van der Waals surface area (Å²) < 4.78 is 16.2. The number of aryl methyl sites for hydroxylation is 1. The van der Waals surface area contributed by atoms with Crippen LogP contribution in [0.1, 0.15) is 28.6 Å². The van der Waals surface area contributed by atoms with Crippen LogP contribution in [0.3, 0.4) is 0 Å². The summed E-state index contributed by atoms with van der Waals surface area (Å²) in [6, 6.07) is 24.3. The Morgan fingerprint density at radius 3 is 2.50 bits per heavy atom. The van der Waals surface area contributed by atoms with E-state index in [9.17, 15) is 9.18 Å². The number of benzene rings is 3. The lowest BCUT2D eigenvalue weighted by atomic mass is 10.0. The molecule has 1 atom stereocenters. The molecule has 8 nitrogen and oxygen atoms in total. The minimum Gasteiger partial charge on any atom is -0.367 e. The number of nitrogens with zero attached hydrogens (tertiary/aromatic N) is 6. The number of pyridine rings is 1. The fourth-order valence-electron chi connectivity index (χ4n) is 5.31. The zero-order valence-corrected chi connectivity index (χ0v) is 21.1. The number of aromatic nitrogens is 5. The monoisotopic (exact) mass is 509 g/mol. The van der Waals surface area contributed by atoms with E-state index in [0.29, 0.717) is 49.8 Å². The number of anilines is 1. The Hall–Kier alpha value is -4.37. The van der Waals surface area contributed by atoms with Crippen molar-refractivity contribution >= 4 is 16.6 Å². The number of halogens is 1. The molecule has 3 aromatic carbocycles. The molecule has 0 amide bonds. The molecule has 192 valence electrons. The summed E-state index contributed by atoms with van der Waals surface area (Å²) in [4.78, 5) is 20.9. The van der Waals surface area contributed by atoms with Crippen LogP contribution in [0, 0.1) is 12.7 Å². The van der Waals surface area contributed by atoms with E-state index in [4.69, 9.17) is 0 Å². The zero-order valence-electron chi connectivity index (χ0n) is 21.1. The van der Waals surface area contributed by atoms with Gasteiger partial charge in [0.15, 0.2) is 5.82 Å². The van der Waals surface area contributed by atoms with Gasteiger partial charge >= 0.3 is 0 Å². The van der Waals surface area contributed by atoms with Crippen molar-refractivity contribution in [3.63, 3.8) is 0 Å². The third kappa shape index (κ3) is 4.56. The summed E-state index contributed by atoms with van der Waals surface area (Å²) in [6.45, 7) is 4.92. The molecule has 0 spiro atoms. The molecule has 1 aliphatic heterocycles. The van der Waals surface area contributed by atoms with Gasteiger partial charge in [-0.15, -0.1) is 5.10 Å². The van der Waals surface area contributed by atoms with Gasteiger partial charge in [0.05, 0.1) is 17.7 Å². The van der Waals surface area contributed by atoms with Crippen molar-refractivity contribution in [1.29, 1.82) is 0 Å². The summed E-state index contributed by atoms with van der Waals surface area (Å²) in [7, 11) is 0. The maximum atomic E-state index is 14.5. The Bertz CT molecular complexity index is 1620. The lowest BCUT2D eigenvalue weighted by molar-refractivity contribution is 0.200. The SMILES string of the molecule is Cc1cccc2cc([C@@H](c3nnnn3Cc3ccccc3)N3CCN(c4ccccc4F)CC3)c(=O)[nH]c12. The largest absolute Gasteiger partial charge is 0.367 e. The fourth-order valence-corrected chi connectivity index (χ4v) is 5.31. The smallest absolute Gasteiger partial charge is 0.253 e. The van der Waals surface area contributed by atoms with Crippen LogP contribution < -0.4 is 10.5 Å². The van der Waals surface area contributed by atoms with Crippen molar-refractivity contribution in [2.24, 2.45) is 0 Å². The van der Waals surface area contributed by atoms with Gasteiger partial charge in [-0.25, -0.2) is 9.07 Å². The minimum absolute atomic E-state index is 0.164. The third-order valence-electron chi connectivity index (χ3n) is 7.26. The van der Waals surface area contributed by atoms with Crippen LogP contribution in [-0.2, 0) is 6.54 Å². The molecule has 1 fully saturated rings. The lowest BCUT2D eigenvalue weighted by Crippen LogP contribution is -2.49. The molecule has 6 rings (SSSR count). The number of fused-ring (bicyclic) bond motifs is 1. The van der Waals surface area contributed by atoms with E-state index in [1.165, 1.54) is 6.07 Å². The molecule has 0 aliphatic carbocycles. The molecule has 9 heteroatoms. The quantitative estimate of drug-likeness (QED) is 0.374. The van der Waals surface area contributed by atoms with Crippen LogP contribution in [0.15, 0.2) is 83.7 Å². The normalized spacial score (nSPS) is 15.2. The van der Waals surface area contributed by atoms with Crippen molar-refractivity contribution in [3.05, 3.63) is 118 Å². The van der Waals surface area contributed by atoms with Gasteiger partial charge in [-0.2, -0.15) is 0 Å². The highest BCUT2D eigenvalue weighted by Gasteiger charge is 2.33. The highest BCUT2D eigenvalue weighted by Crippen LogP contribution is 2.30. The van der Waals surface area contributed by atoms with Crippen LogP contribution in [0.4, 0.5) is 10.1 Å². The molecule has 0 radical (unpaired) electrons. The number of rotatable bonds is 6. The minimum atomic E-state index is -0.467. The molecule has 5 aromatic rings. The van der Waals surface area contributed by atoms with E-state index in [0.717, 1.165) is 22.0 Å². The van der Waals surface area contributed by atoms with Crippen LogP contribution in [0.5, 0.6) is 0 Å². The summed E-state index contributed by atoms with van der Waals surface area (Å²) in [5.41, 5.74) is 3.92. The highest BCUT2D eigenvalue weighted by molar-refractivity contribution is 5.82. The third-order valence-corrected chi connectivity index (χ3v) is 7.26. The van der Waals surface area contributed by atoms with E-state index in [-0.39, 0.29) is 11.4 Å². The molecule has 3 heterocycles. The fraction of sp³-hybridized carbons (Fsp3) is 0.241. The van der Waals surface area contributed by atoms with Gasteiger partial charge in [-0.3, -0.25) is 9.69 Å². The van der Waals surface area contributed by atoms with E-state index in [1.54, 1.807) is 16.8 Å². The number of aromatic amines is 1. The molecule has 1 N–H and O–H groups in total. The Morgan fingerprint density at radius 1 is 0.947 bits per heavy atom. The summed E-state index contributed by atoms with van der Waals surface area (Å²) in [5.74, 6) is 0.372. The van der Waals surface area contributed by atoms with Gasteiger partial charge in [0.2, 0.25) is 0 Å². The summed E-state index contributed by atoms with van der Waals surface area (Å²) in [6.07, 6.45) is 0. The molecule has 1 saturated heterocycles. The van der Waals surface area contributed by atoms with Crippen molar-refractivity contribution in [2.75, 3.05) is 31.1 Å². The predicted octanol–water partition coefficient (Wildman–Crippen LogP) is 3.92. The van der Waals surface area contributed by atoms with Gasteiger partial charge in [0, 0.05) is 31.7 Å². The van der Waals surface area contributed by atoms with Gasteiger partial charge in [0.25, 0.3) is 5.56 Å². The Morgan fingerprint density at radius 2 is 1.71 bits per heavy atom. The average Bonchev–Trinajstić information content (AvgIpc) is 3.38. The van der Waals surface area contributed by atoms with Crippen molar-refractivity contribution in [1.82, 2.24) is 30.1 Å². The van der Waals surface area contributed by atoms with Gasteiger partial charge in [0.1, 0.15) is 11.9 Å².